The van der Waals surface area contributed by atoms with Gasteiger partial charge in [-0.15, -0.1) is 0 Å². The number of carbonyl (C=O) groups is 2. The summed E-state index contributed by atoms with van der Waals surface area (Å²) in [6, 6.07) is 6.08. The molecule has 0 radical (unpaired) electrons. The van der Waals surface area contributed by atoms with Crippen molar-refractivity contribution >= 4 is 17.6 Å². The number of aryl methyl sites for hydroxylation is 1. The first-order valence-electron chi connectivity index (χ1n) is 11.2. The van der Waals surface area contributed by atoms with E-state index < -0.39 is 0 Å². The van der Waals surface area contributed by atoms with Crippen LogP contribution in [0.1, 0.15) is 67.2 Å². The van der Waals surface area contributed by atoms with Gasteiger partial charge in [0.1, 0.15) is 11.6 Å². The molecule has 3 heterocycles. The molecule has 5 rings (SSSR count). The van der Waals surface area contributed by atoms with Gasteiger partial charge in [-0.25, -0.2) is 14.4 Å². The number of halogens is 1. The highest BCUT2D eigenvalue weighted by Crippen LogP contribution is 2.38. The largest absolute Gasteiger partial charge is 0.332 e. The second kappa shape index (κ2) is 8.02. The first kappa shape index (κ1) is 20.1. The van der Waals surface area contributed by atoms with Gasteiger partial charge >= 0.3 is 0 Å². The molecule has 7 heteroatoms. The molecular weight excluding hydrogens is 395 g/mol. The number of nitrogens with zero attached hydrogens (tertiary/aromatic N) is 4. The number of hydrogen-bond donors (Lipinski definition) is 0. The van der Waals surface area contributed by atoms with Gasteiger partial charge in [-0.1, -0.05) is 18.6 Å². The molecule has 1 aromatic heterocycles. The Morgan fingerprint density at radius 2 is 1.87 bits per heavy atom. The number of likely N-dealkylation sites (tertiary alicyclic amines) is 1. The monoisotopic (exact) mass is 422 g/mol. The van der Waals surface area contributed by atoms with Gasteiger partial charge < -0.3 is 4.90 Å². The van der Waals surface area contributed by atoms with Crippen molar-refractivity contribution in [2.24, 2.45) is 5.92 Å². The molecule has 0 unspecified atom stereocenters. The van der Waals surface area contributed by atoms with Crippen molar-refractivity contribution in [2.45, 2.75) is 64.5 Å². The van der Waals surface area contributed by atoms with E-state index in [9.17, 15) is 14.0 Å². The summed E-state index contributed by atoms with van der Waals surface area (Å²) in [6.45, 7) is 3.05. The molecule has 1 aliphatic carbocycles. The van der Waals surface area contributed by atoms with Crippen molar-refractivity contribution < 1.29 is 14.0 Å². The standard InChI is InChI=1S/C24H27FN4O2/c1-15-19-11-12-21(30)29(14-16-7-9-18(25)10-8-16)23(19)27-22(26-15)20-6-3-13-28(20)24(31)17-4-2-5-17/h7-10,17,20H,2-6,11-14H2,1H3/t20-/m1/s1. The van der Waals surface area contributed by atoms with Crippen molar-refractivity contribution in [3.05, 3.63) is 52.7 Å². The van der Waals surface area contributed by atoms with E-state index in [0.29, 0.717) is 31.0 Å². The van der Waals surface area contributed by atoms with E-state index >= 15 is 0 Å². The minimum absolute atomic E-state index is 0.00898. The van der Waals surface area contributed by atoms with Crippen molar-refractivity contribution in [1.29, 1.82) is 0 Å². The molecule has 1 saturated heterocycles. The number of hydrogen-bond acceptors (Lipinski definition) is 4. The van der Waals surface area contributed by atoms with Crippen LogP contribution in [0.2, 0.25) is 0 Å². The highest BCUT2D eigenvalue weighted by molar-refractivity contribution is 5.95. The highest BCUT2D eigenvalue weighted by atomic mass is 19.1. The number of benzene rings is 1. The number of fused-ring (bicyclic) bond motifs is 1. The molecule has 162 valence electrons. The fourth-order valence-electron chi connectivity index (χ4n) is 4.88. The first-order chi connectivity index (χ1) is 15.0. The molecule has 2 amide bonds. The van der Waals surface area contributed by atoms with E-state index in [2.05, 4.69) is 0 Å². The maximum atomic E-state index is 13.3. The predicted octanol–water partition coefficient (Wildman–Crippen LogP) is 3.87. The van der Waals surface area contributed by atoms with Crippen LogP contribution in [0, 0.1) is 18.7 Å². The van der Waals surface area contributed by atoms with Gasteiger partial charge in [0, 0.05) is 30.1 Å². The van der Waals surface area contributed by atoms with Crippen molar-refractivity contribution in [1.82, 2.24) is 14.9 Å². The summed E-state index contributed by atoms with van der Waals surface area (Å²) in [5.41, 5.74) is 2.71. The van der Waals surface area contributed by atoms with Crippen LogP contribution in [0.15, 0.2) is 24.3 Å². The molecule has 2 aromatic rings. The summed E-state index contributed by atoms with van der Waals surface area (Å²) in [6.07, 6.45) is 5.91. The third-order valence-electron chi connectivity index (χ3n) is 6.90. The van der Waals surface area contributed by atoms with E-state index in [-0.39, 0.29) is 29.6 Å². The minimum Gasteiger partial charge on any atom is -0.332 e. The van der Waals surface area contributed by atoms with Gasteiger partial charge in [-0.2, -0.15) is 0 Å². The Kier molecular flexibility index (Phi) is 5.20. The van der Waals surface area contributed by atoms with Gasteiger partial charge in [-0.3, -0.25) is 14.5 Å². The SMILES string of the molecule is Cc1nc([C@H]2CCCN2C(=O)C2CCC2)nc2c1CCC(=O)N2Cc1ccc(F)cc1. The highest BCUT2D eigenvalue weighted by Gasteiger charge is 2.38. The molecule has 0 bridgehead atoms. The summed E-state index contributed by atoms with van der Waals surface area (Å²) >= 11 is 0. The number of amides is 2. The quantitative estimate of drug-likeness (QED) is 0.750. The molecule has 1 aromatic carbocycles. The summed E-state index contributed by atoms with van der Waals surface area (Å²) in [7, 11) is 0. The van der Waals surface area contributed by atoms with Crippen molar-refractivity contribution in [3.63, 3.8) is 0 Å². The molecule has 2 aliphatic heterocycles. The van der Waals surface area contributed by atoms with Gasteiger partial charge in [0.05, 0.1) is 12.6 Å². The third kappa shape index (κ3) is 3.70. The lowest BCUT2D eigenvalue weighted by atomic mass is 9.84. The molecule has 0 N–H and O–H groups in total. The van der Waals surface area contributed by atoms with Crippen LogP contribution in [0.4, 0.5) is 10.2 Å². The Hall–Kier alpha value is -2.83. The topological polar surface area (TPSA) is 66.4 Å². The van der Waals surface area contributed by atoms with Crippen LogP contribution in [0.25, 0.3) is 0 Å². The number of carbonyl (C=O) groups excluding carboxylic acids is 2. The average molecular weight is 423 g/mol. The zero-order chi connectivity index (χ0) is 21.5. The van der Waals surface area contributed by atoms with Gasteiger partial charge in [0.2, 0.25) is 11.8 Å². The van der Waals surface area contributed by atoms with Crippen LogP contribution >= 0.6 is 0 Å². The lowest BCUT2D eigenvalue weighted by molar-refractivity contribution is -0.139. The zero-order valence-corrected chi connectivity index (χ0v) is 17.8. The molecular formula is C24H27FN4O2. The molecule has 6 nitrogen and oxygen atoms in total. The summed E-state index contributed by atoms with van der Waals surface area (Å²) in [5, 5.41) is 0. The van der Waals surface area contributed by atoms with Crippen molar-refractivity contribution in [2.75, 3.05) is 11.4 Å². The molecule has 3 aliphatic rings. The number of rotatable bonds is 4. The maximum Gasteiger partial charge on any atom is 0.228 e. The summed E-state index contributed by atoms with van der Waals surface area (Å²) in [5.74, 6) is 1.37. The fraction of sp³-hybridized carbons (Fsp3) is 0.500. The molecule has 1 saturated carbocycles. The van der Waals surface area contributed by atoms with E-state index in [1.54, 1.807) is 17.0 Å². The van der Waals surface area contributed by atoms with Crippen LogP contribution in [0.5, 0.6) is 0 Å². The number of aromatic nitrogens is 2. The Morgan fingerprint density at radius 3 is 2.58 bits per heavy atom. The maximum absolute atomic E-state index is 13.3. The van der Waals surface area contributed by atoms with E-state index in [1.165, 1.54) is 12.1 Å². The minimum atomic E-state index is -0.299. The molecule has 2 fully saturated rings. The van der Waals surface area contributed by atoms with Gasteiger partial charge in [0.15, 0.2) is 5.82 Å². The normalized spacial score (nSPS) is 21.2. The van der Waals surface area contributed by atoms with E-state index in [1.807, 2.05) is 11.8 Å². The van der Waals surface area contributed by atoms with E-state index in [4.69, 9.17) is 9.97 Å². The second-order valence-corrected chi connectivity index (χ2v) is 8.89. The Bertz CT molecular complexity index is 1020. The van der Waals surface area contributed by atoms with Gasteiger partial charge in [0.25, 0.3) is 0 Å². The Morgan fingerprint density at radius 1 is 1.10 bits per heavy atom. The Balaban J connectivity index is 1.48. The lowest BCUT2D eigenvalue weighted by Crippen LogP contribution is -2.40. The van der Waals surface area contributed by atoms with Gasteiger partial charge in [-0.05, 0) is 56.7 Å². The molecule has 0 spiro atoms. The molecule has 1 atom stereocenters. The average Bonchev–Trinajstić information content (AvgIpc) is 3.20. The Labute approximate surface area is 181 Å². The molecule has 31 heavy (non-hydrogen) atoms. The summed E-state index contributed by atoms with van der Waals surface area (Å²) in [4.78, 5) is 39.1. The fourth-order valence-corrected chi connectivity index (χ4v) is 4.88. The summed E-state index contributed by atoms with van der Waals surface area (Å²) < 4.78 is 13.3. The van der Waals surface area contributed by atoms with Crippen LogP contribution in [0.3, 0.4) is 0 Å². The third-order valence-corrected chi connectivity index (χ3v) is 6.90. The number of anilines is 1. The van der Waals surface area contributed by atoms with Crippen LogP contribution in [-0.2, 0) is 22.6 Å². The predicted molar refractivity (Wildman–Crippen MR) is 114 cm³/mol. The van der Waals surface area contributed by atoms with Crippen molar-refractivity contribution in [3.8, 4) is 0 Å². The van der Waals surface area contributed by atoms with Crippen LogP contribution < -0.4 is 4.90 Å². The zero-order valence-electron chi connectivity index (χ0n) is 17.8. The smallest absolute Gasteiger partial charge is 0.228 e. The second-order valence-electron chi connectivity index (χ2n) is 8.89. The lowest BCUT2D eigenvalue weighted by Gasteiger charge is -2.33. The van der Waals surface area contributed by atoms with E-state index in [0.717, 1.165) is 55.5 Å². The first-order valence-corrected chi connectivity index (χ1v) is 11.2. The van der Waals surface area contributed by atoms with Crippen LogP contribution in [-0.4, -0.2) is 33.2 Å².